The van der Waals surface area contributed by atoms with Gasteiger partial charge in [0.15, 0.2) is 34.5 Å². The van der Waals surface area contributed by atoms with Crippen LogP contribution in [0.1, 0.15) is 38.5 Å². The smallest absolute Gasteiger partial charge is 0.203 e. The van der Waals surface area contributed by atoms with Crippen LogP contribution < -0.4 is 42.6 Å². The van der Waals surface area contributed by atoms with Crippen molar-refractivity contribution in [2.45, 2.75) is 38.5 Å². The molecule has 4 fully saturated rings. The molecule has 0 amide bonds. The predicted molar refractivity (Wildman–Crippen MR) is 256 cm³/mol. The molecule has 9 nitrogen and oxygen atoms in total. The Balaban J connectivity index is 0.000000144. The van der Waals surface area contributed by atoms with E-state index in [0.29, 0.717) is 51.7 Å². The minimum atomic E-state index is 0.612. The first kappa shape index (κ1) is 47.0. The second kappa shape index (κ2) is 23.3. The SMILES string of the molecule is C1C2CC3CC1CC(C2)C3.COc1ccc(-c2ccccc2)c(OC)c1OC.COc1ccc(-c2ccccc2)c(OC)c1OC.COc1ccc(-c2ccccc2)c(OC)c1OC. The molecule has 0 N–H and O–H groups in total. The van der Waals surface area contributed by atoms with Gasteiger partial charge in [0.05, 0.1) is 64.0 Å². The van der Waals surface area contributed by atoms with Gasteiger partial charge in [-0.2, -0.15) is 0 Å². The van der Waals surface area contributed by atoms with Crippen molar-refractivity contribution >= 4 is 0 Å². The fourth-order valence-corrected chi connectivity index (χ4v) is 9.82. The summed E-state index contributed by atoms with van der Waals surface area (Å²) in [6, 6.07) is 41.6. The van der Waals surface area contributed by atoms with Gasteiger partial charge in [-0.05, 0) is 115 Å². The highest BCUT2D eigenvalue weighted by atomic mass is 16.5. The summed E-state index contributed by atoms with van der Waals surface area (Å²) in [4.78, 5) is 0. The van der Waals surface area contributed by atoms with Crippen LogP contribution in [0, 0.1) is 23.7 Å². The number of hydrogen-bond donors (Lipinski definition) is 0. The Morgan fingerprint density at radius 1 is 0.250 bits per heavy atom. The molecule has 4 saturated carbocycles. The lowest BCUT2D eigenvalue weighted by Crippen LogP contribution is -2.38. The number of rotatable bonds is 12. The zero-order valence-corrected chi connectivity index (χ0v) is 38.9. The lowest BCUT2D eigenvalue weighted by molar-refractivity contribution is 0.0198. The second-order valence-electron chi connectivity index (χ2n) is 16.1. The topological polar surface area (TPSA) is 83.1 Å². The molecule has 64 heavy (non-hydrogen) atoms. The average Bonchev–Trinajstić information content (AvgIpc) is 3.35. The molecule has 6 aromatic rings. The van der Waals surface area contributed by atoms with Crippen molar-refractivity contribution in [1.82, 2.24) is 0 Å². The van der Waals surface area contributed by atoms with Crippen LogP contribution in [0.3, 0.4) is 0 Å². The quantitative estimate of drug-likeness (QED) is 0.119. The van der Waals surface area contributed by atoms with Crippen molar-refractivity contribution in [2.75, 3.05) is 64.0 Å². The summed E-state index contributed by atoms with van der Waals surface area (Å²) in [6.45, 7) is 0. The van der Waals surface area contributed by atoms with E-state index in [1.54, 1.807) is 103 Å². The standard InChI is InChI=1S/3C15H16O3.C10H16/c3*1-16-13-10-9-12(11-7-5-4-6-8-11)14(17-2)15(13)18-3;1-7-2-9-4-8(1)5-10(3-7)6-9/h3*4-10H,1-3H3;7-10H,1-6H2. The molecule has 338 valence electrons. The molecule has 4 aliphatic rings. The first-order valence-electron chi connectivity index (χ1n) is 21.9. The van der Waals surface area contributed by atoms with E-state index in [2.05, 4.69) is 0 Å². The Hall–Kier alpha value is -6.48. The lowest BCUT2D eigenvalue weighted by Gasteiger charge is -2.49. The zero-order chi connectivity index (χ0) is 45.4. The predicted octanol–water partition coefficient (Wildman–Crippen LogP) is 13.0. The molecule has 4 aliphatic carbocycles. The van der Waals surface area contributed by atoms with E-state index >= 15 is 0 Å². The lowest BCUT2D eigenvalue weighted by atomic mass is 9.56. The number of benzene rings is 6. The molecule has 0 unspecified atom stereocenters. The third-order valence-electron chi connectivity index (χ3n) is 12.4. The Morgan fingerprint density at radius 2 is 0.469 bits per heavy atom. The summed E-state index contributed by atoms with van der Waals surface area (Å²) in [7, 11) is 14.5. The third-order valence-corrected chi connectivity index (χ3v) is 12.4. The largest absolute Gasteiger partial charge is 0.493 e. The van der Waals surface area contributed by atoms with Crippen LogP contribution in [-0.4, -0.2) is 64.0 Å². The fourth-order valence-electron chi connectivity index (χ4n) is 9.82. The van der Waals surface area contributed by atoms with Gasteiger partial charge in [0.2, 0.25) is 17.2 Å². The van der Waals surface area contributed by atoms with Gasteiger partial charge in [-0.25, -0.2) is 0 Å². The highest BCUT2D eigenvalue weighted by molar-refractivity contribution is 5.78. The van der Waals surface area contributed by atoms with Crippen molar-refractivity contribution in [3.63, 3.8) is 0 Å². The third kappa shape index (κ3) is 11.0. The molecule has 0 heterocycles. The van der Waals surface area contributed by atoms with E-state index in [1.807, 2.05) is 127 Å². The van der Waals surface area contributed by atoms with Crippen molar-refractivity contribution < 1.29 is 42.6 Å². The van der Waals surface area contributed by atoms with E-state index in [4.69, 9.17) is 42.6 Å². The van der Waals surface area contributed by atoms with Gasteiger partial charge in [0.25, 0.3) is 0 Å². The summed E-state index contributed by atoms with van der Waals surface area (Å²) in [6.07, 6.45) is 9.62. The van der Waals surface area contributed by atoms with Crippen molar-refractivity contribution in [3.8, 4) is 85.1 Å². The Labute approximate surface area is 380 Å². The van der Waals surface area contributed by atoms with Gasteiger partial charge in [-0.3, -0.25) is 0 Å². The Bertz CT molecular complexity index is 2060. The zero-order valence-electron chi connectivity index (χ0n) is 38.9. The highest BCUT2D eigenvalue weighted by Gasteiger charge is 2.41. The average molecular weight is 869 g/mol. The van der Waals surface area contributed by atoms with Crippen molar-refractivity contribution in [2.24, 2.45) is 23.7 Å². The van der Waals surface area contributed by atoms with Crippen molar-refractivity contribution in [1.29, 1.82) is 0 Å². The van der Waals surface area contributed by atoms with Gasteiger partial charge in [0, 0.05) is 16.7 Å². The summed E-state index contributed by atoms with van der Waals surface area (Å²) >= 11 is 0. The molecule has 0 atom stereocenters. The molecular weight excluding hydrogens is 805 g/mol. The van der Waals surface area contributed by atoms with Gasteiger partial charge >= 0.3 is 0 Å². The monoisotopic (exact) mass is 868 g/mol. The normalized spacial score (nSPS) is 17.4. The van der Waals surface area contributed by atoms with Crippen LogP contribution in [-0.2, 0) is 0 Å². The molecule has 0 aromatic heterocycles. The summed E-state index contributed by atoms with van der Waals surface area (Å²) < 4.78 is 48.3. The maximum absolute atomic E-state index is 5.46. The second-order valence-corrected chi connectivity index (χ2v) is 16.1. The van der Waals surface area contributed by atoms with Crippen molar-refractivity contribution in [3.05, 3.63) is 127 Å². The summed E-state index contributed by atoms with van der Waals surface area (Å²) in [5.74, 6) is 10.6. The molecular formula is C55H64O9. The fraction of sp³-hybridized carbons (Fsp3) is 0.345. The van der Waals surface area contributed by atoms with E-state index in [-0.39, 0.29) is 0 Å². The maximum Gasteiger partial charge on any atom is 0.203 e. The Kier molecular flexibility index (Phi) is 17.1. The summed E-state index contributed by atoms with van der Waals surface area (Å²) in [5.41, 5.74) is 6.18. The number of ether oxygens (including phenoxy) is 9. The minimum Gasteiger partial charge on any atom is -0.493 e. The van der Waals surface area contributed by atoms with Gasteiger partial charge in [-0.15, -0.1) is 0 Å². The molecule has 0 radical (unpaired) electrons. The minimum absolute atomic E-state index is 0.612. The van der Waals surface area contributed by atoms with E-state index in [1.165, 1.54) is 23.7 Å². The van der Waals surface area contributed by atoms with E-state index in [0.717, 1.165) is 33.4 Å². The van der Waals surface area contributed by atoms with Crippen LogP contribution in [0.5, 0.6) is 51.7 Å². The van der Waals surface area contributed by atoms with Gasteiger partial charge in [0.1, 0.15) is 0 Å². The van der Waals surface area contributed by atoms with Crippen LogP contribution in [0.25, 0.3) is 33.4 Å². The molecule has 9 heteroatoms. The Morgan fingerprint density at radius 3 is 0.656 bits per heavy atom. The van der Waals surface area contributed by atoms with Crippen LogP contribution in [0.4, 0.5) is 0 Å². The summed E-state index contributed by atoms with van der Waals surface area (Å²) in [5, 5.41) is 0. The highest BCUT2D eigenvalue weighted by Crippen LogP contribution is 2.53. The first-order chi connectivity index (χ1) is 31.3. The molecule has 4 bridgehead atoms. The van der Waals surface area contributed by atoms with E-state index in [9.17, 15) is 0 Å². The van der Waals surface area contributed by atoms with Crippen LogP contribution in [0.2, 0.25) is 0 Å². The molecule has 10 rings (SSSR count). The van der Waals surface area contributed by atoms with Gasteiger partial charge < -0.3 is 42.6 Å². The number of methoxy groups -OCH3 is 9. The first-order valence-corrected chi connectivity index (χ1v) is 21.9. The van der Waals surface area contributed by atoms with Crippen LogP contribution >= 0.6 is 0 Å². The van der Waals surface area contributed by atoms with Gasteiger partial charge in [-0.1, -0.05) is 91.0 Å². The molecule has 0 saturated heterocycles. The number of hydrogen-bond acceptors (Lipinski definition) is 9. The van der Waals surface area contributed by atoms with E-state index < -0.39 is 0 Å². The molecule has 0 aliphatic heterocycles. The maximum atomic E-state index is 5.46. The molecule has 6 aromatic carbocycles. The van der Waals surface area contributed by atoms with Crippen LogP contribution in [0.15, 0.2) is 127 Å². The molecule has 0 spiro atoms.